The summed E-state index contributed by atoms with van der Waals surface area (Å²) in [6, 6.07) is 17.4. The monoisotopic (exact) mass is 288 g/mol. The van der Waals surface area contributed by atoms with Gasteiger partial charge in [-0.05, 0) is 31.4 Å². The van der Waals surface area contributed by atoms with Crippen molar-refractivity contribution in [2.45, 2.75) is 25.1 Å². The molecule has 0 amide bonds. The summed E-state index contributed by atoms with van der Waals surface area (Å²) in [5.74, 6) is 0. The van der Waals surface area contributed by atoms with E-state index in [4.69, 9.17) is 0 Å². The minimum atomic E-state index is 0.393. The fourth-order valence-corrected chi connectivity index (χ4v) is 2.62. The fraction of sp³-hybridized carbons (Fsp3) is 0.250. The van der Waals surface area contributed by atoms with Crippen molar-refractivity contribution in [3.05, 3.63) is 70.8 Å². The van der Waals surface area contributed by atoms with Crippen LogP contribution in [0.2, 0.25) is 0 Å². The fourth-order valence-electron chi connectivity index (χ4n) is 1.94. The molecule has 0 N–H and O–H groups in total. The lowest BCUT2D eigenvalue weighted by atomic mass is 10.0. The summed E-state index contributed by atoms with van der Waals surface area (Å²) in [6.07, 6.45) is 1.03. The first-order valence-electron chi connectivity index (χ1n) is 5.91. The first kappa shape index (κ1) is 12.4. The van der Waals surface area contributed by atoms with Crippen LogP contribution in [0.5, 0.6) is 0 Å². The zero-order valence-corrected chi connectivity index (χ0v) is 11.9. The van der Waals surface area contributed by atoms with Crippen molar-refractivity contribution in [3.63, 3.8) is 0 Å². The Hall–Kier alpha value is -1.08. The summed E-state index contributed by atoms with van der Waals surface area (Å²) >= 11 is 3.77. The van der Waals surface area contributed by atoms with Crippen LogP contribution in [0, 0.1) is 13.8 Å². The zero-order chi connectivity index (χ0) is 12.3. The summed E-state index contributed by atoms with van der Waals surface area (Å²) in [7, 11) is 0. The molecule has 17 heavy (non-hydrogen) atoms. The van der Waals surface area contributed by atoms with Gasteiger partial charge in [0, 0.05) is 4.83 Å². The molecule has 2 rings (SSSR count). The topological polar surface area (TPSA) is 0 Å². The normalized spacial score (nSPS) is 12.4. The molecule has 0 heterocycles. The second-order valence-corrected chi connectivity index (χ2v) is 5.68. The van der Waals surface area contributed by atoms with Gasteiger partial charge in [-0.25, -0.2) is 0 Å². The van der Waals surface area contributed by atoms with Gasteiger partial charge >= 0.3 is 0 Å². The number of benzene rings is 2. The summed E-state index contributed by atoms with van der Waals surface area (Å²) in [5, 5.41) is 0. The van der Waals surface area contributed by atoms with Crippen LogP contribution in [-0.2, 0) is 6.42 Å². The molecule has 0 fully saturated rings. The first-order valence-corrected chi connectivity index (χ1v) is 6.83. The van der Waals surface area contributed by atoms with E-state index in [9.17, 15) is 0 Å². The van der Waals surface area contributed by atoms with Crippen molar-refractivity contribution in [3.8, 4) is 0 Å². The summed E-state index contributed by atoms with van der Waals surface area (Å²) in [4.78, 5) is 0.393. The van der Waals surface area contributed by atoms with Crippen molar-refractivity contribution in [1.82, 2.24) is 0 Å². The van der Waals surface area contributed by atoms with Gasteiger partial charge in [0.05, 0.1) is 0 Å². The predicted molar refractivity (Wildman–Crippen MR) is 77.7 cm³/mol. The Bertz CT molecular complexity index is 485. The van der Waals surface area contributed by atoms with Gasteiger partial charge in [-0.15, -0.1) is 0 Å². The maximum atomic E-state index is 3.77. The highest BCUT2D eigenvalue weighted by molar-refractivity contribution is 9.09. The molecule has 0 aromatic heterocycles. The maximum Gasteiger partial charge on any atom is 0.0435 e. The molecule has 1 unspecified atom stereocenters. The third kappa shape index (κ3) is 3.44. The van der Waals surface area contributed by atoms with E-state index < -0.39 is 0 Å². The third-order valence-corrected chi connectivity index (χ3v) is 3.79. The van der Waals surface area contributed by atoms with Gasteiger partial charge in [-0.1, -0.05) is 75.6 Å². The molecule has 88 valence electrons. The van der Waals surface area contributed by atoms with Gasteiger partial charge in [0.15, 0.2) is 0 Å². The molecule has 0 spiro atoms. The largest absolute Gasteiger partial charge is 0.0835 e. The van der Waals surface area contributed by atoms with E-state index in [1.807, 2.05) is 0 Å². The van der Waals surface area contributed by atoms with Crippen LogP contribution in [0.25, 0.3) is 0 Å². The summed E-state index contributed by atoms with van der Waals surface area (Å²) in [6.45, 7) is 4.26. The Morgan fingerprint density at radius 2 is 1.65 bits per heavy atom. The molecular weight excluding hydrogens is 272 g/mol. The molecule has 1 heteroatoms. The van der Waals surface area contributed by atoms with Crippen LogP contribution in [0.4, 0.5) is 0 Å². The number of aryl methyl sites for hydroxylation is 2. The van der Waals surface area contributed by atoms with Crippen LogP contribution >= 0.6 is 15.9 Å². The third-order valence-electron chi connectivity index (χ3n) is 2.94. The van der Waals surface area contributed by atoms with E-state index in [1.165, 1.54) is 22.3 Å². The van der Waals surface area contributed by atoms with E-state index in [2.05, 4.69) is 78.3 Å². The van der Waals surface area contributed by atoms with Gasteiger partial charge in [0.25, 0.3) is 0 Å². The molecule has 0 aliphatic heterocycles. The van der Waals surface area contributed by atoms with Gasteiger partial charge in [0.1, 0.15) is 0 Å². The molecule has 0 saturated heterocycles. The van der Waals surface area contributed by atoms with Crippen LogP contribution in [0.1, 0.15) is 27.1 Å². The summed E-state index contributed by atoms with van der Waals surface area (Å²) < 4.78 is 0. The lowest BCUT2D eigenvalue weighted by Crippen LogP contribution is -1.95. The highest BCUT2D eigenvalue weighted by Gasteiger charge is 2.08. The van der Waals surface area contributed by atoms with Gasteiger partial charge in [0.2, 0.25) is 0 Å². The van der Waals surface area contributed by atoms with Crippen LogP contribution < -0.4 is 0 Å². The average molecular weight is 289 g/mol. The van der Waals surface area contributed by atoms with E-state index in [0.717, 1.165) is 6.42 Å². The molecule has 0 bridgehead atoms. The van der Waals surface area contributed by atoms with Gasteiger partial charge in [-0.3, -0.25) is 0 Å². The number of rotatable bonds is 3. The molecular formula is C16H17Br. The number of hydrogen-bond acceptors (Lipinski definition) is 0. The molecule has 2 aromatic carbocycles. The molecule has 0 radical (unpaired) electrons. The van der Waals surface area contributed by atoms with Crippen molar-refractivity contribution >= 4 is 15.9 Å². The Labute approximate surface area is 112 Å². The Morgan fingerprint density at radius 3 is 2.29 bits per heavy atom. The second-order valence-electron chi connectivity index (χ2n) is 4.57. The molecule has 0 nitrogen and oxygen atoms in total. The molecule has 2 aromatic rings. The van der Waals surface area contributed by atoms with Gasteiger partial charge < -0.3 is 0 Å². The predicted octanol–water partition coefficient (Wildman–Crippen LogP) is 4.98. The minimum Gasteiger partial charge on any atom is -0.0835 e. The van der Waals surface area contributed by atoms with Crippen molar-refractivity contribution in [2.24, 2.45) is 0 Å². The lowest BCUT2D eigenvalue weighted by Gasteiger charge is -2.11. The SMILES string of the molecule is Cc1ccc(C(Br)Cc2cccc(C)c2)cc1. The van der Waals surface area contributed by atoms with E-state index >= 15 is 0 Å². The highest BCUT2D eigenvalue weighted by Crippen LogP contribution is 2.27. The molecule has 0 aliphatic rings. The van der Waals surface area contributed by atoms with E-state index in [0.29, 0.717) is 4.83 Å². The first-order chi connectivity index (χ1) is 8.15. The maximum absolute atomic E-state index is 3.77. The van der Waals surface area contributed by atoms with Crippen LogP contribution in [-0.4, -0.2) is 0 Å². The minimum absolute atomic E-state index is 0.393. The average Bonchev–Trinajstić information content (AvgIpc) is 2.29. The van der Waals surface area contributed by atoms with E-state index in [-0.39, 0.29) is 0 Å². The number of halogens is 1. The molecule has 1 atom stereocenters. The lowest BCUT2D eigenvalue weighted by molar-refractivity contribution is 0.946. The number of alkyl halides is 1. The molecule has 0 aliphatic carbocycles. The zero-order valence-electron chi connectivity index (χ0n) is 10.3. The van der Waals surface area contributed by atoms with Gasteiger partial charge in [-0.2, -0.15) is 0 Å². The Balaban J connectivity index is 2.11. The number of hydrogen-bond donors (Lipinski definition) is 0. The van der Waals surface area contributed by atoms with Crippen molar-refractivity contribution in [1.29, 1.82) is 0 Å². The Morgan fingerprint density at radius 1 is 0.941 bits per heavy atom. The highest BCUT2D eigenvalue weighted by atomic mass is 79.9. The Kier molecular flexibility index (Phi) is 4.01. The second kappa shape index (κ2) is 5.50. The smallest absolute Gasteiger partial charge is 0.0435 e. The van der Waals surface area contributed by atoms with Crippen molar-refractivity contribution in [2.75, 3.05) is 0 Å². The molecule has 0 saturated carbocycles. The van der Waals surface area contributed by atoms with E-state index in [1.54, 1.807) is 0 Å². The standard InChI is InChI=1S/C16H17Br/c1-12-6-8-15(9-7-12)16(17)11-14-5-3-4-13(2)10-14/h3-10,16H,11H2,1-2H3. The van der Waals surface area contributed by atoms with Crippen molar-refractivity contribution < 1.29 is 0 Å². The summed E-state index contributed by atoms with van der Waals surface area (Å²) in [5.41, 5.74) is 5.36. The van der Waals surface area contributed by atoms with Crippen LogP contribution in [0.3, 0.4) is 0 Å². The quantitative estimate of drug-likeness (QED) is 0.699. The van der Waals surface area contributed by atoms with Crippen LogP contribution in [0.15, 0.2) is 48.5 Å².